The fourth-order valence-corrected chi connectivity index (χ4v) is 3.99. The van der Waals surface area contributed by atoms with Crippen LogP contribution in [0.25, 0.3) is 11.3 Å². The highest BCUT2D eigenvalue weighted by Crippen LogP contribution is 2.47. The zero-order chi connectivity index (χ0) is 21.3. The second kappa shape index (κ2) is 8.31. The number of pyridine rings is 1. The summed E-state index contributed by atoms with van der Waals surface area (Å²) in [6, 6.07) is 4.03. The Morgan fingerprint density at radius 2 is 2.07 bits per heavy atom. The second-order valence-electron chi connectivity index (χ2n) is 7.99. The molecule has 1 aromatic carbocycles. The molecule has 0 fully saturated rings. The molecule has 1 heterocycles. The van der Waals surface area contributed by atoms with E-state index in [9.17, 15) is 14.7 Å². The molecule has 1 aromatic heterocycles. The topological polar surface area (TPSA) is 88.6 Å². The van der Waals surface area contributed by atoms with Gasteiger partial charge in [-0.05, 0) is 54.9 Å². The largest absolute Gasteiger partial charge is 0.506 e. The Kier molecular flexibility index (Phi) is 6.01. The van der Waals surface area contributed by atoms with Gasteiger partial charge in [0.25, 0.3) is 5.56 Å². The summed E-state index contributed by atoms with van der Waals surface area (Å²) in [5.41, 5.74) is 3.08. The van der Waals surface area contributed by atoms with Gasteiger partial charge in [-0.25, -0.2) is 4.79 Å². The van der Waals surface area contributed by atoms with Gasteiger partial charge in [0.05, 0.1) is 19.4 Å². The minimum atomic E-state index is -0.837. The van der Waals surface area contributed by atoms with E-state index in [1.54, 1.807) is 0 Å². The maximum Gasteiger partial charge on any atom is 0.347 e. The number of hydrogen-bond donors (Lipinski definition) is 2. The highest BCUT2D eigenvalue weighted by molar-refractivity contribution is 5.94. The first kappa shape index (κ1) is 21.0. The average Bonchev–Trinajstić information content (AvgIpc) is 2.67. The van der Waals surface area contributed by atoms with Gasteiger partial charge in [-0.1, -0.05) is 27.2 Å². The summed E-state index contributed by atoms with van der Waals surface area (Å²) in [5.74, 6) is -0.128. The average molecular weight is 399 g/mol. The third kappa shape index (κ3) is 3.76. The third-order valence-corrected chi connectivity index (χ3v) is 5.66. The fraction of sp³-hybridized carbons (Fsp3) is 0.478. The predicted octanol–water partition coefficient (Wildman–Crippen LogP) is 4.32. The van der Waals surface area contributed by atoms with Crippen molar-refractivity contribution in [1.82, 2.24) is 4.98 Å². The van der Waals surface area contributed by atoms with Gasteiger partial charge in [0.1, 0.15) is 11.5 Å². The van der Waals surface area contributed by atoms with Crippen LogP contribution < -0.4 is 10.3 Å². The van der Waals surface area contributed by atoms with Crippen molar-refractivity contribution in [2.24, 2.45) is 5.92 Å². The minimum Gasteiger partial charge on any atom is -0.506 e. The SMILES string of the molecule is CCCCOc1cc2c(cc1C)-c1[nH]c(=O)c(C(=O)OC)c(O)c1C(C(C)C)C2. The zero-order valence-electron chi connectivity index (χ0n) is 17.7. The summed E-state index contributed by atoms with van der Waals surface area (Å²) in [6.07, 6.45) is 2.74. The lowest BCUT2D eigenvalue weighted by atomic mass is 9.74. The summed E-state index contributed by atoms with van der Waals surface area (Å²) in [4.78, 5) is 27.5. The van der Waals surface area contributed by atoms with Gasteiger partial charge in [0, 0.05) is 11.1 Å². The molecule has 1 unspecified atom stereocenters. The molecule has 0 aliphatic heterocycles. The van der Waals surface area contributed by atoms with Crippen LogP contribution in [0, 0.1) is 12.8 Å². The van der Waals surface area contributed by atoms with Crippen molar-refractivity contribution in [2.75, 3.05) is 13.7 Å². The molecule has 6 nitrogen and oxygen atoms in total. The molecule has 0 saturated carbocycles. The van der Waals surface area contributed by atoms with Gasteiger partial charge in [-0.3, -0.25) is 4.79 Å². The van der Waals surface area contributed by atoms with E-state index in [1.807, 2.05) is 19.1 Å². The van der Waals surface area contributed by atoms with Gasteiger partial charge in [-0.15, -0.1) is 0 Å². The molecule has 2 N–H and O–H groups in total. The summed E-state index contributed by atoms with van der Waals surface area (Å²) >= 11 is 0. The van der Waals surface area contributed by atoms with E-state index in [2.05, 4.69) is 25.8 Å². The number of hydrogen-bond acceptors (Lipinski definition) is 5. The van der Waals surface area contributed by atoms with E-state index in [0.717, 1.165) is 35.3 Å². The number of benzene rings is 1. The van der Waals surface area contributed by atoms with E-state index in [4.69, 9.17) is 9.47 Å². The quantitative estimate of drug-likeness (QED) is 0.558. The van der Waals surface area contributed by atoms with Crippen LogP contribution in [0.15, 0.2) is 16.9 Å². The van der Waals surface area contributed by atoms with Gasteiger partial charge < -0.3 is 19.6 Å². The number of ether oxygens (including phenoxy) is 2. The van der Waals surface area contributed by atoms with Crippen LogP contribution in [-0.4, -0.2) is 29.8 Å². The molecule has 1 atom stereocenters. The predicted molar refractivity (Wildman–Crippen MR) is 112 cm³/mol. The first-order chi connectivity index (χ1) is 13.8. The molecule has 1 aliphatic carbocycles. The Morgan fingerprint density at radius 3 is 2.69 bits per heavy atom. The van der Waals surface area contributed by atoms with Crippen LogP contribution >= 0.6 is 0 Å². The monoisotopic (exact) mass is 399 g/mol. The summed E-state index contributed by atoms with van der Waals surface area (Å²) in [7, 11) is 1.19. The van der Waals surface area contributed by atoms with Crippen LogP contribution in [0.5, 0.6) is 11.5 Å². The van der Waals surface area contributed by atoms with E-state index in [0.29, 0.717) is 24.3 Å². The lowest BCUT2D eigenvalue weighted by Gasteiger charge is -2.31. The van der Waals surface area contributed by atoms with E-state index in [-0.39, 0.29) is 23.1 Å². The highest BCUT2D eigenvalue weighted by atomic mass is 16.5. The van der Waals surface area contributed by atoms with E-state index >= 15 is 0 Å². The molecular formula is C23H29NO5. The van der Waals surface area contributed by atoms with Crippen molar-refractivity contribution in [3.63, 3.8) is 0 Å². The number of methoxy groups -OCH3 is 1. The van der Waals surface area contributed by atoms with Crippen LogP contribution in [0.2, 0.25) is 0 Å². The molecule has 2 aromatic rings. The van der Waals surface area contributed by atoms with Crippen molar-refractivity contribution in [3.8, 4) is 22.8 Å². The van der Waals surface area contributed by atoms with Crippen LogP contribution in [0.4, 0.5) is 0 Å². The first-order valence-electron chi connectivity index (χ1n) is 10.1. The molecule has 0 radical (unpaired) electrons. The number of aromatic nitrogens is 1. The summed E-state index contributed by atoms with van der Waals surface area (Å²) in [5, 5.41) is 10.9. The number of unbranched alkanes of at least 4 members (excludes halogenated alkanes) is 1. The van der Waals surface area contributed by atoms with Crippen molar-refractivity contribution >= 4 is 5.97 Å². The van der Waals surface area contributed by atoms with Crippen molar-refractivity contribution in [2.45, 2.75) is 52.9 Å². The molecule has 3 rings (SSSR count). The molecule has 1 aliphatic rings. The Labute approximate surface area is 170 Å². The van der Waals surface area contributed by atoms with Gasteiger partial charge in [0.15, 0.2) is 5.56 Å². The van der Waals surface area contributed by atoms with Gasteiger partial charge in [0.2, 0.25) is 0 Å². The zero-order valence-corrected chi connectivity index (χ0v) is 17.7. The maximum atomic E-state index is 12.6. The van der Waals surface area contributed by atoms with E-state index in [1.165, 1.54) is 7.11 Å². The fourth-order valence-electron chi connectivity index (χ4n) is 3.99. The van der Waals surface area contributed by atoms with Crippen LogP contribution in [0.3, 0.4) is 0 Å². The summed E-state index contributed by atoms with van der Waals surface area (Å²) < 4.78 is 10.7. The molecule has 0 amide bonds. The minimum absolute atomic E-state index is 0.0519. The number of aromatic amines is 1. The van der Waals surface area contributed by atoms with Gasteiger partial charge in [-0.2, -0.15) is 0 Å². The number of nitrogens with one attached hydrogen (secondary N) is 1. The molecule has 0 bridgehead atoms. The van der Waals surface area contributed by atoms with Crippen molar-refractivity contribution < 1.29 is 19.4 Å². The number of carbonyl (C=O) groups excluding carboxylic acids is 1. The van der Waals surface area contributed by atoms with Crippen molar-refractivity contribution in [3.05, 3.63) is 44.7 Å². The Bertz CT molecular complexity index is 990. The molecule has 156 valence electrons. The highest BCUT2D eigenvalue weighted by Gasteiger charge is 2.34. The van der Waals surface area contributed by atoms with Crippen molar-refractivity contribution in [1.29, 1.82) is 0 Å². The van der Waals surface area contributed by atoms with Crippen LogP contribution in [-0.2, 0) is 11.2 Å². The number of aryl methyl sites for hydroxylation is 1. The number of esters is 1. The second-order valence-corrected chi connectivity index (χ2v) is 7.99. The Hall–Kier alpha value is -2.76. The molecule has 29 heavy (non-hydrogen) atoms. The smallest absolute Gasteiger partial charge is 0.347 e. The molecule has 0 spiro atoms. The number of rotatable bonds is 6. The molecular weight excluding hydrogens is 370 g/mol. The molecule has 0 saturated heterocycles. The number of carbonyl (C=O) groups is 1. The first-order valence-corrected chi connectivity index (χ1v) is 10.1. The lowest BCUT2D eigenvalue weighted by Crippen LogP contribution is -2.26. The number of fused-ring (bicyclic) bond motifs is 3. The lowest BCUT2D eigenvalue weighted by molar-refractivity contribution is 0.0595. The van der Waals surface area contributed by atoms with Crippen LogP contribution in [0.1, 0.15) is 66.6 Å². The Balaban J connectivity index is 2.20. The third-order valence-electron chi connectivity index (χ3n) is 5.66. The number of aromatic hydroxyl groups is 1. The van der Waals surface area contributed by atoms with E-state index < -0.39 is 11.5 Å². The summed E-state index contributed by atoms with van der Waals surface area (Å²) in [6.45, 7) is 8.89. The Morgan fingerprint density at radius 1 is 1.34 bits per heavy atom. The van der Waals surface area contributed by atoms with Gasteiger partial charge >= 0.3 is 5.97 Å². The maximum absolute atomic E-state index is 12.6. The normalized spacial score (nSPS) is 15.0. The number of H-pyrrole nitrogens is 1. The molecule has 6 heteroatoms. The standard InChI is InChI=1S/C23H29NO5/c1-6-7-8-29-17-11-14-10-15(12(2)3)18-20(16(14)9-13(17)4)24-22(26)19(21(18)25)23(27)28-5/h9,11-12,15H,6-8,10H2,1-5H3,(H2,24,25,26).